The van der Waals surface area contributed by atoms with Crippen molar-refractivity contribution in [1.29, 1.82) is 0 Å². The molecular formula is C26H30IO6-. The molecule has 1 heterocycles. The Hall–Kier alpha value is -1.68. The molecule has 0 spiro atoms. The van der Waals surface area contributed by atoms with E-state index in [1.54, 1.807) is 33.3 Å². The Balaban J connectivity index is 1.27. The third-order valence-corrected chi connectivity index (χ3v) is 12.3. The molecule has 7 atom stereocenters. The molecule has 3 fully saturated rings. The zero-order valence-corrected chi connectivity index (χ0v) is 21.5. The topological polar surface area (TPSA) is 63.2 Å². The summed E-state index contributed by atoms with van der Waals surface area (Å²) in [7, 11) is 5.39. The number of carbonyl (C=O) groups excluding carboxylic acids is 1. The number of alkyl halides is 2. The molecular weight excluding hydrogens is 535 g/mol. The summed E-state index contributed by atoms with van der Waals surface area (Å²) in [5.74, 6) is 1.90. The zero-order chi connectivity index (χ0) is 23.2. The number of carbonyl (C=O) groups is 1. The fourth-order valence-corrected chi connectivity index (χ4v) is 11.0. The molecule has 5 unspecified atom stereocenters. The van der Waals surface area contributed by atoms with E-state index in [0.717, 1.165) is 23.5 Å². The first-order valence-corrected chi connectivity index (χ1v) is 13.7. The van der Waals surface area contributed by atoms with Crippen LogP contribution in [0.4, 0.5) is 0 Å². The van der Waals surface area contributed by atoms with Crippen molar-refractivity contribution in [3.8, 4) is 11.5 Å². The Morgan fingerprint density at radius 1 is 0.909 bits per heavy atom. The average Bonchev–Trinajstić information content (AvgIpc) is 2.82. The van der Waals surface area contributed by atoms with Gasteiger partial charge in [-0.05, 0) is 6.92 Å². The van der Waals surface area contributed by atoms with Crippen LogP contribution in [0.1, 0.15) is 29.3 Å². The number of methoxy groups -OCH3 is 3. The fraction of sp³-hybridized carbons (Fsp3) is 0.500. The van der Waals surface area contributed by atoms with Crippen LogP contribution >= 0.6 is 0 Å². The van der Waals surface area contributed by atoms with E-state index in [1.807, 2.05) is 43.5 Å². The van der Waals surface area contributed by atoms with E-state index in [2.05, 4.69) is 0 Å². The SMILES string of the molecule is COC1C[C@H](OC)C2C(OC)C3[I-]C1[C@@]32Oc1ccc(COc2ccc(C(C)=O)cc2)cc1. The first-order chi connectivity index (χ1) is 16.0. The van der Waals surface area contributed by atoms with Gasteiger partial charge < -0.3 is 0 Å². The van der Waals surface area contributed by atoms with Gasteiger partial charge in [0.25, 0.3) is 0 Å². The van der Waals surface area contributed by atoms with Crippen molar-refractivity contribution < 1.29 is 49.7 Å². The van der Waals surface area contributed by atoms with Crippen LogP contribution in [0.25, 0.3) is 0 Å². The van der Waals surface area contributed by atoms with E-state index in [4.69, 9.17) is 23.7 Å². The van der Waals surface area contributed by atoms with E-state index in [-0.39, 0.29) is 56.8 Å². The van der Waals surface area contributed by atoms with Crippen LogP contribution in [0.15, 0.2) is 48.5 Å². The fourth-order valence-electron chi connectivity index (χ4n) is 5.53. The Morgan fingerprint density at radius 2 is 1.58 bits per heavy atom. The normalized spacial score (nSPS) is 34.2. The summed E-state index contributed by atoms with van der Waals surface area (Å²) < 4.78 is 31.2. The average molecular weight is 565 g/mol. The Bertz CT molecular complexity index is 991. The molecule has 7 heteroatoms. The minimum absolute atomic E-state index is 0.0495. The van der Waals surface area contributed by atoms with E-state index < -0.39 is 0 Å². The number of hydrogen-bond acceptors (Lipinski definition) is 6. The summed E-state index contributed by atoms with van der Waals surface area (Å²) in [5, 5.41) is 0. The number of ether oxygens (including phenoxy) is 5. The summed E-state index contributed by atoms with van der Waals surface area (Å²) >= 11 is -0.0497. The summed E-state index contributed by atoms with van der Waals surface area (Å²) in [5.41, 5.74) is 1.51. The van der Waals surface area contributed by atoms with Crippen molar-refractivity contribution in [3.05, 3.63) is 59.7 Å². The maximum absolute atomic E-state index is 11.4. The third kappa shape index (κ3) is 3.77. The molecule has 5 rings (SSSR count). The zero-order valence-electron chi connectivity index (χ0n) is 19.3. The molecule has 0 bridgehead atoms. The number of ketones is 1. The van der Waals surface area contributed by atoms with Crippen molar-refractivity contribution in [2.75, 3.05) is 21.3 Å². The number of halogens is 1. The van der Waals surface area contributed by atoms with Crippen molar-refractivity contribution in [2.45, 2.75) is 51.7 Å². The second kappa shape index (κ2) is 9.17. The molecule has 178 valence electrons. The third-order valence-electron chi connectivity index (χ3n) is 7.25. The Kier molecular flexibility index (Phi) is 6.41. The van der Waals surface area contributed by atoms with Gasteiger partial charge in [0.1, 0.15) is 0 Å². The van der Waals surface area contributed by atoms with Crippen LogP contribution in [0, 0.1) is 5.92 Å². The van der Waals surface area contributed by atoms with Crippen LogP contribution in [-0.4, -0.2) is 58.9 Å². The minimum atomic E-state index is -0.232. The number of hydrogen-bond donors (Lipinski definition) is 0. The standard InChI is InChI=1S/C26H30IO6/c1-15(28)17-7-11-18(12-8-17)32-14-16-5-9-19(10-6-16)33-26-22-20(29-2)13-21(30-3)24(26)27-25(26)23(22)31-4/h5-12,20-25H,13-14H2,1-4H3/q-1/t20-,21?,22?,23?,24?,25?,26+/m0/s1. The molecule has 0 N–H and O–H groups in total. The molecule has 1 saturated heterocycles. The van der Waals surface area contributed by atoms with Crippen LogP contribution in [-0.2, 0) is 20.8 Å². The van der Waals surface area contributed by atoms with Crippen LogP contribution in [0.5, 0.6) is 11.5 Å². The molecule has 2 saturated carbocycles. The summed E-state index contributed by atoms with van der Waals surface area (Å²) in [6.07, 6.45) is 1.40. The maximum atomic E-state index is 11.4. The van der Waals surface area contributed by atoms with Crippen molar-refractivity contribution in [3.63, 3.8) is 0 Å². The van der Waals surface area contributed by atoms with Gasteiger partial charge in [-0.3, -0.25) is 4.79 Å². The van der Waals surface area contributed by atoms with E-state index in [0.29, 0.717) is 20.0 Å². The van der Waals surface area contributed by atoms with Gasteiger partial charge in [-0.15, -0.1) is 0 Å². The Labute approximate surface area is 205 Å². The van der Waals surface area contributed by atoms with Gasteiger partial charge in [0.05, 0.1) is 0 Å². The van der Waals surface area contributed by atoms with Crippen molar-refractivity contribution >= 4 is 5.78 Å². The van der Waals surface area contributed by atoms with Crippen molar-refractivity contribution in [2.24, 2.45) is 5.92 Å². The number of rotatable bonds is 9. The van der Waals surface area contributed by atoms with Gasteiger partial charge in [0, 0.05) is 5.56 Å². The van der Waals surface area contributed by atoms with Gasteiger partial charge in [0.15, 0.2) is 5.78 Å². The molecule has 0 radical (unpaired) electrons. The predicted molar refractivity (Wildman–Crippen MR) is 119 cm³/mol. The molecule has 2 aliphatic carbocycles. The van der Waals surface area contributed by atoms with Gasteiger partial charge in [0.2, 0.25) is 0 Å². The second-order valence-corrected chi connectivity index (χ2v) is 12.3. The summed E-state index contributed by atoms with van der Waals surface area (Å²) in [6, 6.07) is 15.4. The monoisotopic (exact) mass is 565 g/mol. The molecule has 0 aromatic heterocycles. The van der Waals surface area contributed by atoms with Gasteiger partial charge in [-0.1, -0.05) is 0 Å². The molecule has 6 nitrogen and oxygen atoms in total. The molecule has 33 heavy (non-hydrogen) atoms. The molecule has 2 aromatic carbocycles. The second-order valence-electron chi connectivity index (χ2n) is 8.91. The molecule has 3 aliphatic rings. The summed E-state index contributed by atoms with van der Waals surface area (Å²) in [6.45, 7) is 2.01. The predicted octanol–water partition coefficient (Wildman–Crippen LogP) is 0.504. The van der Waals surface area contributed by atoms with E-state index in [1.165, 1.54) is 0 Å². The van der Waals surface area contributed by atoms with Gasteiger partial charge >= 0.3 is 183 Å². The van der Waals surface area contributed by atoms with E-state index >= 15 is 0 Å². The molecule has 1 aliphatic heterocycles. The van der Waals surface area contributed by atoms with Crippen LogP contribution in [0.3, 0.4) is 0 Å². The Morgan fingerprint density at radius 3 is 2.18 bits per heavy atom. The van der Waals surface area contributed by atoms with E-state index in [9.17, 15) is 4.79 Å². The molecule has 0 amide bonds. The van der Waals surface area contributed by atoms with Gasteiger partial charge in [-0.25, -0.2) is 0 Å². The number of Topliss-reactive ketones (excluding diaryl/α,β-unsaturated/α-hetero) is 1. The summed E-state index contributed by atoms with van der Waals surface area (Å²) in [4.78, 5) is 11.4. The van der Waals surface area contributed by atoms with Gasteiger partial charge in [-0.2, -0.15) is 0 Å². The van der Waals surface area contributed by atoms with Crippen LogP contribution < -0.4 is 30.7 Å². The van der Waals surface area contributed by atoms with Crippen LogP contribution in [0.2, 0.25) is 0 Å². The van der Waals surface area contributed by atoms with Crippen molar-refractivity contribution in [1.82, 2.24) is 0 Å². The first-order valence-electron chi connectivity index (χ1n) is 11.2. The molecule has 2 aromatic rings. The number of benzene rings is 2. The quantitative estimate of drug-likeness (QED) is 0.251. The first kappa shape index (κ1) is 23.1.